The predicted octanol–water partition coefficient (Wildman–Crippen LogP) is 1.99. The number of aliphatic hydroxyl groups excluding tert-OH is 1. The molecule has 5 heteroatoms. The molecule has 2 aromatic rings. The highest BCUT2D eigenvalue weighted by molar-refractivity contribution is 5.41. The Morgan fingerprint density at radius 1 is 1.33 bits per heavy atom. The van der Waals surface area contributed by atoms with Crippen LogP contribution in [-0.2, 0) is 0 Å². The van der Waals surface area contributed by atoms with Crippen molar-refractivity contribution in [1.82, 2.24) is 4.98 Å². The monoisotopic (exact) mass is 248 g/mol. The second kappa shape index (κ2) is 5.10. The molecule has 2 rings (SSSR count). The first-order valence-corrected chi connectivity index (χ1v) is 5.66. The summed E-state index contributed by atoms with van der Waals surface area (Å²) in [5.74, 6) is 1.80. The van der Waals surface area contributed by atoms with Crippen molar-refractivity contribution in [3.8, 4) is 5.75 Å². The third-order valence-electron chi connectivity index (χ3n) is 2.54. The number of nitrogen functional groups attached to an aromatic ring is 1. The van der Waals surface area contributed by atoms with Crippen molar-refractivity contribution in [2.75, 3.05) is 12.3 Å². The highest BCUT2D eigenvalue weighted by Gasteiger charge is 2.16. The normalized spacial score (nSPS) is 12.4. The quantitative estimate of drug-likeness (QED) is 0.808. The lowest BCUT2D eigenvalue weighted by molar-refractivity contribution is 0.104. The Balaban J connectivity index is 1.98. The minimum Gasteiger partial charge on any atom is -0.490 e. The van der Waals surface area contributed by atoms with Gasteiger partial charge in [0.2, 0.25) is 0 Å². The Morgan fingerprint density at radius 3 is 2.56 bits per heavy atom. The van der Waals surface area contributed by atoms with Crippen LogP contribution in [0, 0.1) is 13.8 Å². The van der Waals surface area contributed by atoms with Crippen LogP contribution in [0.15, 0.2) is 28.7 Å². The summed E-state index contributed by atoms with van der Waals surface area (Å²) >= 11 is 0. The Labute approximate surface area is 105 Å². The maximum atomic E-state index is 9.96. The average molecular weight is 248 g/mol. The smallest absolute Gasteiger partial charge is 0.191 e. The van der Waals surface area contributed by atoms with Gasteiger partial charge in [0.25, 0.3) is 0 Å². The van der Waals surface area contributed by atoms with Gasteiger partial charge in [-0.15, -0.1) is 0 Å². The van der Waals surface area contributed by atoms with E-state index < -0.39 is 6.10 Å². The lowest BCUT2D eigenvalue weighted by Gasteiger charge is -2.10. The molecule has 1 aromatic heterocycles. The lowest BCUT2D eigenvalue weighted by atomic mass is 10.2. The van der Waals surface area contributed by atoms with Gasteiger partial charge in [0.05, 0.1) is 0 Å². The van der Waals surface area contributed by atoms with Crippen molar-refractivity contribution in [2.45, 2.75) is 20.0 Å². The van der Waals surface area contributed by atoms with Gasteiger partial charge in [0, 0.05) is 12.6 Å². The molecule has 1 unspecified atom stereocenters. The summed E-state index contributed by atoms with van der Waals surface area (Å²) < 4.78 is 10.7. The van der Waals surface area contributed by atoms with Gasteiger partial charge < -0.3 is 20.0 Å². The van der Waals surface area contributed by atoms with E-state index in [1.165, 1.54) is 0 Å². The van der Waals surface area contributed by atoms with E-state index in [0.717, 1.165) is 0 Å². The molecule has 1 atom stereocenters. The largest absolute Gasteiger partial charge is 0.490 e. The number of rotatable bonds is 4. The Hall–Kier alpha value is -2.01. The maximum Gasteiger partial charge on any atom is 0.191 e. The summed E-state index contributed by atoms with van der Waals surface area (Å²) in [6, 6.07) is 6.99. The molecule has 96 valence electrons. The molecular weight excluding hydrogens is 232 g/mol. The van der Waals surface area contributed by atoms with Crippen LogP contribution in [0.5, 0.6) is 5.75 Å². The minimum atomic E-state index is -0.806. The van der Waals surface area contributed by atoms with E-state index in [0.29, 0.717) is 28.8 Å². The first kappa shape index (κ1) is 12.4. The average Bonchev–Trinajstić information content (AvgIpc) is 2.67. The van der Waals surface area contributed by atoms with Gasteiger partial charge in [0.1, 0.15) is 29.9 Å². The third-order valence-corrected chi connectivity index (χ3v) is 2.54. The molecule has 0 aliphatic heterocycles. The van der Waals surface area contributed by atoms with Gasteiger partial charge in [-0.2, -0.15) is 0 Å². The standard InChI is InChI=1S/C13H16N2O3/c1-8-13(15-9(2)18-8)12(16)7-17-11-5-3-10(14)4-6-11/h3-6,12,16H,7,14H2,1-2H3. The van der Waals surface area contributed by atoms with E-state index in [1.807, 2.05) is 0 Å². The fourth-order valence-corrected chi connectivity index (χ4v) is 1.67. The van der Waals surface area contributed by atoms with Crippen molar-refractivity contribution in [2.24, 2.45) is 0 Å². The van der Waals surface area contributed by atoms with Crippen molar-refractivity contribution >= 4 is 5.69 Å². The van der Waals surface area contributed by atoms with Gasteiger partial charge in [-0.05, 0) is 31.2 Å². The number of oxazole rings is 1. The SMILES string of the molecule is Cc1nc(C(O)COc2ccc(N)cc2)c(C)o1. The molecule has 0 bridgehead atoms. The van der Waals surface area contributed by atoms with Crippen LogP contribution in [0.4, 0.5) is 5.69 Å². The molecule has 0 fully saturated rings. The topological polar surface area (TPSA) is 81.5 Å². The number of aryl methyl sites for hydroxylation is 2. The number of aliphatic hydroxyl groups is 1. The summed E-state index contributed by atoms with van der Waals surface area (Å²) in [5.41, 5.74) is 6.76. The van der Waals surface area contributed by atoms with Gasteiger partial charge in [0.15, 0.2) is 5.89 Å². The number of benzene rings is 1. The second-order valence-electron chi connectivity index (χ2n) is 4.07. The molecule has 3 N–H and O–H groups in total. The van der Waals surface area contributed by atoms with E-state index in [2.05, 4.69) is 4.98 Å². The van der Waals surface area contributed by atoms with Crippen LogP contribution in [0.2, 0.25) is 0 Å². The molecule has 5 nitrogen and oxygen atoms in total. The highest BCUT2D eigenvalue weighted by atomic mass is 16.5. The van der Waals surface area contributed by atoms with E-state index >= 15 is 0 Å². The number of ether oxygens (including phenoxy) is 1. The number of hydrogen-bond donors (Lipinski definition) is 2. The van der Waals surface area contributed by atoms with Gasteiger partial charge in [-0.25, -0.2) is 4.98 Å². The zero-order valence-electron chi connectivity index (χ0n) is 10.4. The van der Waals surface area contributed by atoms with Gasteiger partial charge in [-0.1, -0.05) is 0 Å². The first-order chi connectivity index (χ1) is 8.56. The van der Waals surface area contributed by atoms with E-state index in [9.17, 15) is 5.11 Å². The lowest BCUT2D eigenvalue weighted by Crippen LogP contribution is -2.11. The number of nitrogens with two attached hydrogens (primary N) is 1. The van der Waals surface area contributed by atoms with E-state index in [-0.39, 0.29) is 6.61 Å². The molecule has 0 aliphatic rings. The zero-order valence-corrected chi connectivity index (χ0v) is 10.4. The number of aromatic nitrogens is 1. The molecule has 0 radical (unpaired) electrons. The summed E-state index contributed by atoms with van der Waals surface area (Å²) in [7, 11) is 0. The van der Waals surface area contributed by atoms with E-state index in [1.54, 1.807) is 38.1 Å². The zero-order chi connectivity index (χ0) is 13.1. The van der Waals surface area contributed by atoms with Crippen molar-refractivity contribution in [3.63, 3.8) is 0 Å². The third kappa shape index (κ3) is 2.81. The molecule has 1 heterocycles. The number of anilines is 1. The Kier molecular flexibility index (Phi) is 3.53. The maximum absolute atomic E-state index is 9.96. The van der Waals surface area contributed by atoms with Crippen LogP contribution < -0.4 is 10.5 Å². The summed E-state index contributed by atoms with van der Waals surface area (Å²) in [6.45, 7) is 3.63. The molecule has 1 aromatic carbocycles. The minimum absolute atomic E-state index is 0.122. The van der Waals surface area contributed by atoms with Crippen molar-refractivity contribution in [3.05, 3.63) is 41.6 Å². The molecule has 0 spiro atoms. The second-order valence-corrected chi connectivity index (χ2v) is 4.07. The first-order valence-electron chi connectivity index (χ1n) is 5.66. The van der Waals surface area contributed by atoms with E-state index in [4.69, 9.17) is 14.9 Å². The van der Waals surface area contributed by atoms with Crippen LogP contribution >= 0.6 is 0 Å². The van der Waals surface area contributed by atoms with Crippen molar-refractivity contribution in [1.29, 1.82) is 0 Å². The summed E-state index contributed by atoms with van der Waals surface area (Å²) in [5, 5.41) is 9.96. The molecule has 0 aliphatic carbocycles. The molecular formula is C13H16N2O3. The fraction of sp³-hybridized carbons (Fsp3) is 0.308. The molecule has 0 saturated carbocycles. The number of nitrogens with zero attached hydrogens (tertiary/aromatic N) is 1. The predicted molar refractivity (Wildman–Crippen MR) is 67.3 cm³/mol. The summed E-state index contributed by atoms with van der Waals surface area (Å²) in [4.78, 5) is 4.12. The highest BCUT2D eigenvalue weighted by Crippen LogP contribution is 2.20. The number of hydrogen-bond acceptors (Lipinski definition) is 5. The fourth-order valence-electron chi connectivity index (χ4n) is 1.67. The van der Waals surface area contributed by atoms with Crippen LogP contribution in [0.25, 0.3) is 0 Å². The van der Waals surface area contributed by atoms with Gasteiger partial charge >= 0.3 is 0 Å². The molecule has 0 saturated heterocycles. The van der Waals surface area contributed by atoms with Crippen LogP contribution in [0.3, 0.4) is 0 Å². The van der Waals surface area contributed by atoms with Crippen LogP contribution in [-0.4, -0.2) is 16.7 Å². The Bertz CT molecular complexity index is 520. The van der Waals surface area contributed by atoms with Crippen LogP contribution in [0.1, 0.15) is 23.4 Å². The molecule has 18 heavy (non-hydrogen) atoms. The summed E-state index contributed by atoms with van der Waals surface area (Å²) in [6.07, 6.45) is -0.806. The Morgan fingerprint density at radius 2 is 2.00 bits per heavy atom. The van der Waals surface area contributed by atoms with Gasteiger partial charge in [-0.3, -0.25) is 0 Å². The van der Waals surface area contributed by atoms with Crippen molar-refractivity contribution < 1.29 is 14.3 Å². The molecule has 0 amide bonds.